The lowest BCUT2D eigenvalue weighted by Crippen LogP contribution is -2.26. The number of carbonyl (C=O) groups excluding carboxylic acids is 2. The van der Waals surface area contributed by atoms with Crippen LogP contribution >= 0.6 is 0 Å². The van der Waals surface area contributed by atoms with Gasteiger partial charge in [0.15, 0.2) is 11.5 Å². The minimum Gasteiger partial charge on any atom is -0.464 e. The van der Waals surface area contributed by atoms with Crippen molar-refractivity contribution >= 4 is 17.7 Å². The summed E-state index contributed by atoms with van der Waals surface area (Å²) in [5.41, 5.74) is 4.11. The first-order valence-electron chi connectivity index (χ1n) is 11.8. The summed E-state index contributed by atoms with van der Waals surface area (Å²) in [5.74, 6) is 0.840. The van der Waals surface area contributed by atoms with Gasteiger partial charge in [-0.3, -0.25) is 9.69 Å². The van der Waals surface area contributed by atoms with Crippen LogP contribution in [0.2, 0.25) is 0 Å². The third-order valence-electron chi connectivity index (χ3n) is 6.07. The molecule has 4 rings (SSSR count). The molecule has 0 bridgehead atoms. The molecule has 0 aliphatic heterocycles. The number of ether oxygens (including phenoxy) is 1. The number of benzene rings is 2. The van der Waals surface area contributed by atoms with Crippen molar-refractivity contribution in [2.75, 3.05) is 19.1 Å². The molecule has 36 heavy (non-hydrogen) atoms. The van der Waals surface area contributed by atoms with E-state index in [9.17, 15) is 9.59 Å². The second kappa shape index (κ2) is 10.9. The molecule has 2 aromatic heterocycles. The Morgan fingerprint density at radius 3 is 2.42 bits per heavy atom. The molecule has 10 heteroatoms. The number of carbonyl (C=O) groups is 2. The third kappa shape index (κ3) is 5.02. The summed E-state index contributed by atoms with van der Waals surface area (Å²) in [6.07, 6.45) is 2.57. The van der Waals surface area contributed by atoms with Crippen LogP contribution in [0.3, 0.4) is 0 Å². The summed E-state index contributed by atoms with van der Waals surface area (Å²) in [5, 5.41) is 14.4. The van der Waals surface area contributed by atoms with Gasteiger partial charge in [0.05, 0.1) is 7.11 Å². The van der Waals surface area contributed by atoms with Crippen LogP contribution < -0.4 is 4.90 Å². The molecule has 1 N–H and O–H groups in total. The lowest BCUT2D eigenvalue weighted by atomic mass is 9.98. The van der Waals surface area contributed by atoms with Gasteiger partial charge in [-0.2, -0.15) is 5.21 Å². The molecule has 0 aliphatic rings. The number of hydrogen-bond acceptors (Lipinski definition) is 7. The van der Waals surface area contributed by atoms with E-state index in [0.717, 1.165) is 40.9 Å². The van der Waals surface area contributed by atoms with Gasteiger partial charge < -0.3 is 9.30 Å². The van der Waals surface area contributed by atoms with Gasteiger partial charge in [-0.1, -0.05) is 61.9 Å². The second-order valence-electron chi connectivity index (χ2n) is 8.44. The highest BCUT2D eigenvalue weighted by atomic mass is 16.5. The van der Waals surface area contributed by atoms with Gasteiger partial charge in [0, 0.05) is 32.5 Å². The summed E-state index contributed by atoms with van der Waals surface area (Å²) in [4.78, 5) is 31.0. The number of esters is 1. The SMILES string of the molecule is CCCCc1nc(N(C)C(C)=O)c(C(=O)OC)n1Cc1ccc(-c2ccccc2-c2nn[nH]n2)cc1. The number of methoxy groups -OCH3 is 1. The van der Waals surface area contributed by atoms with E-state index in [1.54, 1.807) is 7.05 Å². The van der Waals surface area contributed by atoms with Crippen LogP contribution in [-0.2, 0) is 22.5 Å². The zero-order valence-electron chi connectivity index (χ0n) is 20.9. The summed E-state index contributed by atoms with van der Waals surface area (Å²) < 4.78 is 6.93. The fraction of sp³-hybridized carbons (Fsp3) is 0.308. The number of hydrogen-bond donors (Lipinski definition) is 1. The number of amides is 1. The molecular weight excluding hydrogens is 458 g/mol. The maximum atomic E-state index is 12.8. The number of tetrazole rings is 1. The highest BCUT2D eigenvalue weighted by Gasteiger charge is 2.27. The molecule has 0 unspecified atom stereocenters. The molecule has 186 valence electrons. The van der Waals surface area contributed by atoms with Crippen molar-refractivity contribution in [2.45, 2.75) is 39.7 Å². The number of aromatic nitrogens is 6. The minimum atomic E-state index is -0.529. The van der Waals surface area contributed by atoms with Crippen LogP contribution in [0.25, 0.3) is 22.5 Å². The number of unbranched alkanes of at least 4 members (excludes halogenated alkanes) is 1. The molecule has 0 saturated carbocycles. The molecule has 2 aromatic carbocycles. The first-order valence-corrected chi connectivity index (χ1v) is 11.8. The average Bonchev–Trinajstić information content (AvgIpc) is 3.56. The van der Waals surface area contributed by atoms with Crippen LogP contribution in [0.5, 0.6) is 0 Å². The summed E-state index contributed by atoms with van der Waals surface area (Å²) in [7, 11) is 2.94. The van der Waals surface area contributed by atoms with E-state index in [-0.39, 0.29) is 11.6 Å². The van der Waals surface area contributed by atoms with Gasteiger partial charge in [-0.05, 0) is 28.3 Å². The molecule has 4 aromatic rings. The maximum Gasteiger partial charge on any atom is 0.358 e. The smallest absolute Gasteiger partial charge is 0.358 e. The van der Waals surface area contributed by atoms with E-state index >= 15 is 0 Å². The van der Waals surface area contributed by atoms with Crippen LogP contribution in [0.1, 0.15) is 48.6 Å². The molecule has 0 saturated heterocycles. The summed E-state index contributed by atoms with van der Waals surface area (Å²) in [6.45, 7) is 3.95. The number of nitrogens with zero attached hydrogens (tertiary/aromatic N) is 6. The van der Waals surface area contributed by atoms with Crippen molar-refractivity contribution in [3.63, 3.8) is 0 Å². The molecular formula is C26H29N7O3. The van der Waals surface area contributed by atoms with Gasteiger partial charge in [0.2, 0.25) is 11.7 Å². The number of aryl methyl sites for hydroxylation is 1. The molecule has 0 atom stereocenters. The van der Waals surface area contributed by atoms with E-state index in [4.69, 9.17) is 4.74 Å². The number of imidazole rings is 1. The number of nitrogens with one attached hydrogen (secondary N) is 1. The number of H-pyrrole nitrogens is 1. The predicted molar refractivity (Wildman–Crippen MR) is 135 cm³/mol. The van der Waals surface area contributed by atoms with E-state index in [1.807, 2.05) is 53.1 Å². The number of aromatic amines is 1. The van der Waals surface area contributed by atoms with Crippen LogP contribution in [0.15, 0.2) is 48.5 Å². The Balaban J connectivity index is 1.71. The van der Waals surface area contributed by atoms with Crippen molar-refractivity contribution in [2.24, 2.45) is 0 Å². The van der Waals surface area contributed by atoms with E-state index in [1.165, 1.54) is 18.9 Å². The van der Waals surface area contributed by atoms with Crippen molar-refractivity contribution in [3.05, 3.63) is 65.6 Å². The summed E-state index contributed by atoms with van der Waals surface area (Å²) >= 11 is 0. The van der Waals surface area contributed by atoms with Gasteiger partial charge >= 0.3 is 5.97 Å². The first kappa shape index (κ1) is 24.8. The Morgan fingerprint density at radius 2 is 1.81 bits per heavy atom. The monoisotopic (exact) mass is 487 g/mol. The molecule has 0 spiro atoms. The fourth-order valence-electron chi connectivity index (χ4n) is 4.04. The van der Waals surface area contributed by atoms with Gasteiger partial charge in [0.25, 0.3) is 0 Å². The van der Waals surface area contributed by atoms with Crippen LogP contribution in [0.4, 0.5) is 5.82 Å². The maximum absolute atomic E-state index is 12.8. The van der Waals surface area contributed by atoms with Crippen molar-refractivity contribution in [1.29, 1.82) is 0 Å². The lowest BCUT2D eigenvalue weighted by Gasteiger charge is -2.15. The molecule has 0 radical (unpaired) electrons. The molecule has 10 nitrogen and oxygen atoms in total. The van der Waals surface area contributed by atoms with Crippen LogP contribution in [-0.4, -0.2) is 56.2 Å². The van der Waals surface area contributed by atoms with E-state index in [0.29, 0.717) is 24.6 Å². The Kier molecular flexibility index (Phi) is 7.53. The van der Waals surface area contributed by atoms with Crippen molar-refractivity contribution < 1.29 is 14.3 Å². The fourth-order valence-corrected chi connectivity index (χ4v) is 4.04. The topological polar surface area (TPSA) is 119 Å². The Labute approximate surface area is 209 Å². The number of rotatable bonds is 9. The zero-order valence-corrected chi connectivity index (χ0v) is 20.9. The van der Waals surface area contributed by atoms with Gasteiger partial charge in [0.1, 0.15) is 5.82 Å². The normalized spacial score (nSPS) is 10.9. The van der Waals surface area contributed by atoms with Gasteiger partial charge in [-0.25, -0.2) is 9.78 Å². The third-order valence-corrected chi connectivity index (χ3v) is 6.07. The molecule has 0 aliphatic carbocycles. The molecule has 2 heterocycles. The quantitative estimate of drug-likeness (QED) is 0.356. The molecule has 0 fully saturated rings. The highest BCUT2D eigenvalue weighted by Crippen LogP contribution is 2.30. The standard InChI is InChI=1S/C26H29N7O3/c1-5-6-11-22-27-25(32(3)17(2)34)23(26(35)36-4)33(22)16-18-12-14-19(15-13-18)20-9-7-8-10-21(20)24-28-30-31-29-24/h7-10,12-15H,5-6,11,16H2,1-4H3,(H,28,29,30,31). The first-order chi connectivity index (χ1) is 17.4. The molecule has 1 amide bonds. The number of anilines is 1. The minimum absolute atomic E-state index is 0.212. The van der Waals surface area contributed by atoms with E-state index in [2.05, 4.69) is 32.5 Å². The Bertz CT molecular complexity index is 1340. The summed E-state index contributed by atoms with van der Waals surface area (Å²) in [6, 6.07) is 15.9. The van der Waals surface area contributed by atoms with Crippen LogP contribution in [0, 0.1) is 0 Å². The second-order valence-corrected chi connectivity index (χ2v) is 8.44. The highest BCUT2D eigenvalue weighted by molar-refractivity contribution is 5.99. The largest absolute Gasteiger partial charge is 0.464 e. The predicted octanol–water partition coefficient (Wildman–Crippen LogP) is 3.89. The average molecular weight is 488 g/mol. The van der Waals surface area contributed by atoms with Gasteiger partial charge in [-0.15, -0.1) is 10.2 Å². The lowest BCUT2D eigenvalue weighted by molar-refractivity contribution is -0.116. The van der Waals surface area contributed by atoms with E-state index < -0.39 is 5.97 Å². The van der Waals surface area contributed by atoms with Crippen molar-refractivity contribution in [3.8, 4) is 22.5 Å². The van der Waals surface area contributed by atoms with Crippen molar-refractivity contribution in [1.82, 2.24) is 30.2 Å². The zero-order chi connectivity index (χ0) is 25.7. The Morgan fingerprint density at radius 1 is 1.08 bits per heavy atom. The Hall–Kier alpha value is -4.34.